The van der Waals surface area contributed by atoms with E-state index in [4.69, 9.17) is 4.52 Å². The molecule has 2 heterocycles. The predicted octanol–water partition coefficient (Wildman–Crippen LogP) is 2.61. The van der Waals surface area contributed by atoms with Crippen LogP contribution in [0.5, 0.6) is 0 Å². The van der Waals surface area contributed by atoms with Crippen LogP contribution in [0.4, 0.5) is 13.2 Å². The highest BCUT2D eigenvalue weighted by atomic mass is 19.2. The number of nitrogens with zero attached hydrogens (tertiary/aromatic N) is 4. The molecule has 0 aliphatic heterocycles. The van der Waals surface area contributed by atoms with E-state index in [-0.39, 0.29) is 17.3 Å². The molecule has 0 N–H and O–H groups in total. The molecule has 0 amide bonds. The van der Waals surface area contributed by atoms with Crippen LogP contribution in [-0.2, 0) is 0 Å². The van der Waals surface area contributed by atoms with Crippen molar-refractivity contribution in [2.24, 2.45) is 0 Å². The van der Waals surface area contributed by atoms with Crippen molar-refractivity contribution in [3.8, 4) is 22.8 Å². The van der Waals surface area contributed by atoms with Gasteiger partial charge in [0.05, 0.1) is 5.56 Å². The van der Waals surface area contributed by atoms with Gasteiger partial charge in [0.25, 0.3) is 5.89 Å². The topological polar surface area (TPSA) is 64.7 Å². The Balaban J connectivity index is 2.03. The lowest BCUT2D eigenvalue weighted by molar-refractivity contribution is 0.427. The highest BCUT2D eigenvalue weighted by molar-refractivity contribution is 5.58. The Kier molecular flexibility index (Phi) is 2.90. The molecule has 3 aromatic rings. The molecule has 0 spiro atoms. The Bertz CT molecular complexity index is 737. The molecule has 0 atom stereocenters. The largest absolute Gasteiger partial charge is 0.334 e. The number of halogens is 3. The van der Waals surface area contributed by atoms with Gasteiger partial charge in [0.1, 0.15) is 6.33 Å². The minimum atomic E-state index is -1.55. The highest BCUT2D eigenvalue weighted by Crippen LogP contribution is 2.24. The third-order valence-corrected chi connectivity index (χ3v) is 2.48. The van der Waals surface area contributed by atoms with Gasteiger partial charge in [-0.25, -0.2) is 23.1 Å². The fourth-order valence-electron chi connectivity index (χ4n) is 1.55. The van der Waals surface area contributed by atoms with Gasteiger partial charge in [-0.1, -0.05) is 5.16 Å². The van der Waals surface area contributed by atoms with E-state index >= 15 is 0 Å². The highest BCUT2D eigenvalue weighted by Gasteiger charge is 2.16. The first-order chi connectivity index (χ1) is 9.65. The molecule has 8 heteroatoms. The number of hydrogen-bond donors (Lipinski definition) is 0. The van der Waals surface area contributed by atoms with Gasteiger partial charge in [0, 0.05) is 18.0 Å². The van der Waals surface area contributed by atoms with E-state index in [1.54, 1.807) is 0 Å². The Morgan fingerprint density at radius 3 is 2.20 bits per heavy atom. The van der Waals surface area contributed by atoms with Crippen molar-refractivity contribution >= 4 is 0 Å². The number of rotatable bonds is 2. The van der Waals surface area contributed by atoms with Crippen molar-refractivity contribution in [1.82, 2.24) is 20.1 Å². The second kappa shape index (κ2) is 4.72. The van der Waals surface area contributed by atoms with Crippen LogP contribution in [0.3, 0.4) is 0 Å². The van der Waals surface area contributed by atoms with Gasteiger partial charge in [0.2, 0.25) is 5.82 Å². The third-order valence-electron chi connectivity index (χ3n) is 2.48. The van der Waals surface area contributed by atoms with Gasteiger partial charge in [-0.3, -0.25) is 0 Å². The average Bonchev–Trinajstić information content (AvgIpc) is 2.95. The van der Waals surface area contributed by atoms with Crippen LogP contribution in [0.25, 0.3) is 22.8 Å². The quantitative estimate of drug-likeness (QED) is 0.674. The Labute approximate surface area is 110 Å². The predicted molar refractivity (Wildman–Crippen MR) is 60.6 cm³/mol. The van der Waals surface area contributed by atoms with Crippen LogP contribution >= 0.6 is 0 Å². The zero-order valence-corrected chi connectivity index (χ0v) is 9.72. The first-order valence-corrected chi connectivity index (χ1v) is 5.39. The minimum Gasteiger partial charge on any atom is -0.334 e. The number of hydrogen-bond acceptors (Lipinski definition) is 5. The summed E-state index contributed by atoms with van der Waals surface area (Å²) in [6, 6.07) is 1.55. The SMILES string of the molecule is Fc1cc(-c2nc(-c3cncnc3)no2)cc(F)c1F. The summed E-state index contributed by atoms with van der Waals surface area (Å²) in [5.74, 6) is -4.19. The maximum Gasteiger partial charge on any atom is 0.258 e. The molecule has 0 fully saturated rings. The first-order valence-electron chi connectivity index (χ1n) is 5.39. The zero-order valence-electron chi connectivity index (χ0n) is 9.72. The van der Waals surface area contributed by atoms with E-state index in [0.717, 1.165) is 12.1 Å². The van der Waals surface area contributed by atoms with E-state index < -0.39 is 17.5 Å². The summed E-state index contributed by atoms with van der Waals surface area (Å²) < 4.78 is 44.0. The molecule has 100 valence electrons. The van der Waals surface area contributed by atoms with Crippen LogP contribution in [0.2, 0.25) is 0 Å². The van der Waals surface area contributed by atoms with Crippen molar-refractivity contribution in [2.75, 3.05) is 0 Å². The summed E-state index contributed by atoms with van der Waals surface area (Å²) in [6.07, 6.45) is 4.23. The van der Waals surface area contributed by atoms with Crippen LogP contribution in [-0.4, -0.2) is 20.1 Å². The molecular formula is C12H5F3N4O. The first kappa shape index (κ1) is 12.3. The van der Waals surface area contributed by atoms with Crippen LogP contribution in [0.1, 0.15) is 0 Å². The molecule has 0 radical (unpaired) electrons. The number of benzene rings is 1. The lowest BCUT2D eigenvalue weighted by Crippen LogP contribution is -1.92. The average molecular weight is 278 g/mol. The fraction of sp³-hybridized carbons (Fsp3) is 0. The van der Waals surface area contributed by atoms with Crippen molar-refractivity contribution in [2.45, 2.75) is 0 Å². The molecule has 2 aromatic heterocycles. The summed E-state index contributed by atoms with van der Waals surface area (Å²) in [5.41, 5.74) is 0.419. The lowest BCUT2D eigenvalue weighted by atomic mass is 10.2. The smallest absolute Gasteiger partial charge is 0.258 e. The zero-order chi connectivity index (χ0) is 14.1. The number of aromatic nitrogens is 4. The Morgan fingerprint density at radius 1 is 0.900 bits per heavy atom. The van der Waals surface area contributed by atoms with Crippen molar-refractivity contribution < 1.29 is 17.7 Å². The molecule has 0 saturated carbocycles. The molecule has 0 unspecified atom stereocenters. The maximum atomic E-state index is 13.1. The monoisotopic (exact) mass is 278 g/mol. The van der Waals surface area contributed by atoms with E-state index in [9.17, 15) is 13.2 Å². The Morgan fingerprint density at radius 2 is 1.55 bits per heavy atom. The molecule has 3 rings (SSSR count). The molecule has 0 aliphatic rings. The molecule has 1 aromatic carbocycles. The van der Waals surface area contributed by atoms with Crippen molar-refractivity contribution in [3.63, 3.8) is 0 Å². The Hall–Kier alpha value is -2.77. The molecule has 5 nitrogen and oxygen atoms in total. The minimum absolute atomic E-state index is 0.0583. The van der Waals surface area contributed by atoms with Gasteiger partial charge in [-0.15, -0.1) is 0 Å². The molecule has 0 aliphatic carbocycles. The van der Waals surface area contributed by atoms with E-state index in [1.807, 2.05) is 0 Å². The van der Waals surface area contributed by atoms with Gasteiger partial charge in [-0.05, 0) is 12.1 Å². The van der Waals surface area contributed by atoms with E-state index in [2.05, 4.69) is 20.1 Å². The van der Waals surface area contributed by atoms with Crippen LogP contribution in [0.15, 0.2) is 35.4 Å². The van der Waals surface area contributed by atoms with Crippen LogP contribution in [0, 0.1) is 17.5 Å². The molecule has 0 bridgehead atoms. The second-order valence-electron chi connectivity index (χ2n) is 3.80. The summed E-state index contributed by atoms with van der Waals surface area (Å²) in [6.45, 7) is 0. The molecule has 20 heavy (non-hydrogen) atoms. The molecular weight excluding hydrogens is 273 g/mol. The third kappa shape index (κ3) is 2.11. The van der Waals surface area contributed by atoms with Crippen molar-refractivity contribution in [3.05, 3.63) is 48.3 Å². The maximum absolute atomic E-state index is 13.1. The second-order valence-corrected chi connectivity index (χ2v) is 3.80. The summed E-state index contributed by atoms with van der Waals surface area (Å²) in [5, 5.41) is 3.64. The van der Waals surface area contributed by atoms with Gasteiger partial charge in [-0.2, -0.15) is 4.98 Å². The fourth-order valence-corrected chi connectivity index (χ4v) is 1.55. The summed E-state index contributed by atoms with van der Waals surface area (Å²) in [4.78, 5) is 11.5. The van der Waals surface area contributed by atoms with E-state index in [1.165, 1.54) is 18.7 Å². The summed E-state index contributed by atoms with van der Waals surface area (Å²) >= 11 is 0. The van der Waals surface area contributed by atoms with Gasteiger partial charge >= 0.3 is 0 Å². The standard InChI is InChI=1S/C12H5F3N4O/c13-8-1-6(2-9(14)10(8)15)12-18-11(19-20-12)7-3-16-5-17-4-7/h1-5H. The van der Waals surface area contributed by atoms with Crippen molar-refractivity contribution in [1.29, 1.82) is 0 Å². The van der Waals surface area contributed by atoms with Gasteiger partial charge < -0.3 is 4.52 Å². The lowest BCUT2D eigenvalue weighted by Gasteiger charge is -1.97. The van der Waals surface area contributed by atoms with E-state index in [0.29, 0.717) is 5.56 Å². The summed E-state index contributed by atoms with van der Waals surface area (Å²) in [7, 11) is 0. The molecule has 0 saturated heterocycles. The normalized spacial score (nSPS) is 10.8. The van der Waals surface area contributed by atoms with Gasteiger partial charge in [0.15, 0.2) is 17.5 Å². The van der Waals surface area contributed by atoms with Crippen LogP contribution < -0.4 is 0 Å².